The number of anilines is 1. The molecule has 0 spiro atoms. The predicted octanol–water partition coefficient (Wildman–Crippen LogP) is 3.41. The molecule has 0 amide bonds. The first-order chi connectivity index (χ1) is 12.0. The van der Waals surface area contributed by atoms with Crippen LogP contribution in [0.3, 0.4) is 0 Å². The molecular weight excluding hydrogens is 337 g/mol. The van der Waals surface area contributed by atoms with Crippen LogP contribution in [0, 0.1) is 5.82 Å². The van der Waals surface area contributed by atoms with Crippen LogP contribution >= 0.6 is 11.8 Å². The molecule has 2 rings (SSSR count). The van der Waals surface area contributed by atoms with Crippen molar-refractivity contribution in [3.05, 3.63) is 71.8 Å². The second kappa shape index (κ2) is 9.10. The van der Waals surface area contributed by atoms with Gasteiger partial charge in [-0.15, -0.1) is 0 Å². The number of allylic oxidation sites excluding steroid dienone is 4. The van der Waals surface area contributed by atoms with Gasteiger partial charge >= 0.3 is 0 Å². The highest BCUT2D eigenvalue weighted by atomic mass is 32.2. The number of nitrogens with zero attached hydrogens (tertiary/aromatic N) is 1. The molecule has 1 unspecified atom stereocenters. The molecule has 0 saturated carbocycles. The standard InChI is InChI=1S/C18H22FN5S/c1-3-5-14(8-9-20)25-16-7-6-13(10-15(16)19)22-17-11-12(4-2)23-18(21)24-17/h3,5-11,18,22,24H,1,4,20-21H2,2H3/b9-8-,14-5+. The van der Waals surface area contributed by atoms with Crippen LogP contribution in [0.1, 0.15) is 13.3 Å². The third-order valence-electron chi connectivity index (χ3n) is 3.26. The normalized spacial score (nSPS) is 17.7. The summed E-state index contributed by atoms with van der Waals surface area (Å²) in [6, 6.07) is 4.95. The first-order valence-electron chi connectivity index (χ1n) is 7.81. The van der Waals surface area contributed by atoms with Crippen LogP contribution in [0.5, 0.6) is 0 Å². The lowest BCUT2D eigenvalue weighted by Gasteiger charge is -2.21. The molecule has 1 aromatic rings. The Morgan fingerprint density at radius 3 is 2.96 bits per heavy atom. The SMILES string of the molecule is C=C/C=C(\C=C/N)Sc1ccc(NC2=CC(CC)=NC(N)N2)cc1F. The van der Waals surface area contributed by atoms with E-state index < -0.39 is 6.29 Å². The van der Waals surface area contributed by atoms with E-state index in [9.17, 15) is 4.39 Å². The van der Waals surface area contributed by atoms with E-state index in [4.69, 9.17) is 11.5 Å². The van der Waals surface area contributed by atoms with Crippen molar-refractivity contribution >= 4 is 23.2 Å². The Hall–Kier alpha value is -2.51. The number of thioether (sulfide) groups is 1. The minimum Gasteiger partial charge on any atom is -0.405 e. The van der Waals surface area contributed by atoms with Crippen molar-refractivity contribution in [3.63, 3.8) is 0 Å². The molecular formula is C18H22FN5S. The number of nitrogens with one attached hydrogen (secondary N) is 2. The van der Waals surface area contributed by atoms with Crippen LogP contribution in [0.2, 0.25) is 0 Å². The lowest BCUT2D eigenvalue weighted by atomic mass is 10.2. The number of benzene rings is 1. The summed E-state index contributed by atoms with van der Waals surface area (Å²) in [4.78, 5) is 5.54. The van der Waals surface area contributed by atoms with Gasteiger partial charge in [0, 0.05) is 21.2 Å². The minimum atomic E-state index is -0.503. The average Bonchev–Trinajstić information content (AvgIpc) is 2.57. The smallest absolute Gasteiger partial charge is 0.172 e. The molecule has 0 saturated heterocycles. The van der Waals surface area contributed by atoms with E-state index in [2.05, 4.69) is 22.2 Å². The molecule has 0 fully saturated rings. The summed E-state index contributed by atoms with van der Waals surface area (Å²) in [7, 11) is 0. The van der Waals surface area contributed by atoms with Crippen LogP contribution in [0.4, 0.5) is 10.1 Å². The van der Waals surface area contributed by atoms with Crippen LogP contribution in [-0.4, -0.2) is 12.0 Å². The van der Waals surface area contributed by atoms with E-state index in [1.54, 1.807) is 30.4 Å². The van der Waals surface area contributed by atoms with Gasteiger partial charge in [0.15, 0.2) is 6.29 Å². The topological polar surface area (TPSA) is 88.5 Å². The van der Waals surface area contributed by atoms with E-state index in [0.29, 0.717) is 16.4 Å². The van der Waals surface area contributed by atoms with E-state index in [1.807, 2.05) is 13.0 Å². The molecule has 0 radical (unpaired) electrons. The predicted molar refractivity (Wildman–Crippen MR) is 104 cm³/mol. The summed E-state index contributed by atoms with van der Waals surface area (Å²) < 4.78 is 14.4. The Kier molecular flexibility index (Phi) is 6.85. The zero-order valence-corrected chi connectivity index (χ0v) is 14.8. The maximum atomic E-state index is 14.4. The third-order valence-corrected chi connectivity index (χ3v) is 4.32. The van der Waals surface area contributed by atoms with Gasteiger partial charge in [-0.05, 0) is 49.0 Å². The van der Waals surface area contributed by atoms with E-state index in [1.165, 1.54) is 24.0 Å². The molecule has 0 bridgehead atoms. The van der Waals surface area contributed by atoms with Crippen LogP contribution in [0.15, 0.2) is 75.9 Å². The number of hydrogen-bond donors (Lipinski definition) is 4. The van der Waals surface area contributed by atoms with Gasteiger partial charge in [0.05, 0.1) is 0 Å². The van der Waals surface area contributed by atoms with Gasteiger partial charge in [-0.1, -0.05) is 31.3 Å². The van der Waals surface area contributed by atoms with Crippen LogP contribution in [-0.2, 0) is 0 Å². The summed E-state index contributed by atoms with van der Waals surface area (Å²) in [6.45, 7) is 5.64. The lowest BCUT2D eigenvalue weighted by Crippen LogP contribution is -2.40. The number of aliphatic imine (C=N–C) groups is 1. The lowest BCUT2D eigenvalue weighted by molar-refractivity contribution is 0.600. The summed E-state index contributed by atoms with van der Waals surface area (Å²) in [5.41, 5.74) is 12.7. The molecule has 25 heavy (non-hydrogen) atoms. The molecule has 5 nitrogen and oxygen atoms in total. The monoisotopic (exact) mass is 359 g/mol. The summed E-state index contributed by atoms with van der Waals surface area (Å²) in [5, 5.41) is 6.12. The largest absolute Gasteiger partial charge is 0.405 e. The third kappa shape index (κ3) is 5.51. The van der Waals surface area contributed by atoms with Crippen molar-refractivity contribution in [1.29, 1.82) is 0 Å². The Morgan fingerprint density at radius 1 is 1.52 bits per heavy atom. The fraction of sp³-hybridized carbons (Fsp3) is 0.167. The number of halogens is 1. The maximum absolute atomic E-state index is 14.4. The van der Waals surface area contributed by atoms with Gasteiger partial charge in [0.2, 0.25) is 0 Å². The highest BCUT2D eigenvalue weighted by Gasteiger charge is 2.12. The van der Waals surface area contributed by atoms with Crippen LogP contribution < -0.4 is 22.1 Å². The van der Waals surface area contributed by atoms with Crippen molar-refractivity contribution in [3.8, 4) is 0 Å². The average molecular weight is 359 g/mol. The highest BCUT2D eigenvalue weighted by molar-refractivity contribution is 8.03. The Labute approximate surface area is 151 Å². The van der Waals surface area contributed by atoms with E-state index in [-0.39, 0.29) is 5.82 Å². The maximum Gasteiger partial charge on any atom is 0.172 e. The molecule has 0 aliphatic carbocycles. The Balaban J connectivity index is 2.14. The summed E-state index contributed by atoms with van der Waals surface area (Å²) >= 11 is 1.27. The van der Waals surface area contributed by atoms with Crippen molar-refractivity contribution in [2.75, 3.05) is 5.32 Å². The van der Waals surface area contributed by atoms with Crippen molar-refractivity contribution < 1.29 is 4.39 Å². The highest BCUT2D eigenvalue weighted by Crippen LogP contribution is 2.31. The molecule has 1 aliphatic rings. The molecule has 1 heterocycles. The number of nitrogens with two attached hydrogens (primary N) is 2. The Morgan fingerprint density at radius 2 is 2.32 bits per heavy atom. The first kappa shape index (κ1) is 18.8. The van der Waals surface area contributed by atoms with E-state index >= 15 is 0 Å². The molecule has 1 aliphatic heterocycles. The zero-order valence-electron chi connectivity index (χ0n) is 14.0. The second-order valence-corrected chi connectivity index (χ2v) is 6.27. The fourth-order valence-corrected chi connectivity index (χ4v) is 3.02. The van der Waals surface area contributed by atoms with Gasteiger partial charge in [-0.2, -0.15) is 0 Å². The van der Waals surface area contributed by atoms with Crippen molar-refractivity contribution in [2.24, 2.45) is 16.5 Å². The van der Waals surface area contributed by atoms with Gasteiger partial charge < -0.3 is 16.4 Å². The quantitative estimate of drug-likeness (QED) is 0.443. The van der Waals surface area contributed by atoms with Gasteiger partial charge in [-0.25, -0.2) is 4.39 Å². The van der Waals surface area contributed by atoms with Gasteiger partial charge in [-0.3, -0.25) is 10.7 Å². The first-order valence-corrected chi connectivity index (χ1v) is 8.63. The van der Waals surface area contributed by atoms with Crippen molar-refractivity contribution in [2.45, 2.75) is 24.5 Å². The summed E-state index contributed by atoms with van der Waals surface area (Å²) in [5.74, 6) is 0.359. The molecule has 0 aromatic heterocycles. The number of hydrogen-bond acceptors (Lipinski definition) is 6. The van der Waals surface area contributed by atoms with Crippen LogP contribution in [0.25, 0.3) is 0 Å². The second-order valence-electron chi connectivity index (χ2n) is 5.16. The Bertz CT molecular complexity index is 752. The molecule has 1 aromatic carbocycles. The zero-order chi connectivity index (χ0) is 18.2. The fourth-order valence-electron chi connectivity index (χ4n) is 2.16. The molecule has 6 N–H and O–H groups in total. The molecule has 1 atom stereocenters. The number of rotatable bonds is 7. The van der Waals surface area contributed by atoms with Gasteiger partial charge in [0.25, 0.3) is 0 Å². The summed E-state index contributed by atoms with van der Waals surface area (Å²) in [6.07, 6.45) is 8.64. The molecule has 132 valence electrons. The van der Waals surface area contributed by atoms with E-state index in [0.717, 1.165) is 17.0 Å². The van der Waals surface area contributed by atoms with Gasteiger partial charge in [0.1, 0.15) is 11.6 Å². The minimum absolute atomic E-state index is 0.333. The molecule has 7 heteroatoms. The van der Waals surface area contributed by atoms with Crippen molar-refractivity contribution in [1.82, 2.24) is 5.32 Å².